The molecule has 1 amide bonds. The van der Waals surface area contributed by atoms with Crippen LogP contribution in [0, 0.1) is 0 Å². The second-order valence-electron chi connectivity index (χ2n) is 4.19. The van der Waals surface area contributed by atoms with E-state index in [1.807, 2.05) is 0 Å². The molecule has 6 heteroatoms. The molecule has 1 N–H and O–H groups in total. The van der Waals surface area contributed by atoms with Gasteiger partial charge in [-0.2, -0.15) is 0 Å². The van der Waals surface area contributed by atoms with Crippen LogP contribution in [-0.2, 0) is 4.79 Å². The number of hydrogen-bond acceptors (Lipinski definition) is 2. The molecule has 1 aromatic carbocycles. The van der Waals surface area contributed by atoms with E-state index in [-0.39, 0.29) is 11.9 Å². The highest BCUT2D eigenvalue weighted by molar-refractivity contribution is 9.10. The van der Waals surface area contributed by atoms with Crippen molar-refractivity contribution in [3.63, 3.8) is 0 Å². The third-order valence-electron chi connectivity index (χ3n) is 3.04. The van der Waals surface area contributed by atoms with Crippen LogP contribution in [0.25, 0.3) is 0 Å². The lowest BCUT2D eigenvalue weighted by Gasteiger charge is -2.33. The van der Waals surface area contributed by atoms with Gasteiger partial charge >= 0.3 is 0 Å². The van der Waals surface area contributed by atoms with E-state index < -0.39 is 0 Å². The molecule has 0 aromatic heterocycles. The molecule has 0 bridgehead atoms. The zero-order valence-electron chi connectivity index (χ0n) is 9.84. The Balaban J connectivity index is 2.39. The maximum absolute atomic E-state index is 12.3. The molecule has 1 heterocycles. The third kappa shape index (κ3) is 2.67. The van der Waals surface area contributed by atoms with E-state index in [2.05, 4.69) is 21.2 Å². The van der Waals surface area contributed by atoms with E-state index in [4.69, 9.17) is 23.2 Å². The lowest BCUT2D eigenvalue weighted by Crippen LogP contribution is -2.50. The van der Waals surface area contributed by atoms with Crippen LogP contribution in [0.4, 0.5) is 5.69 Å². The monoisotopic (exact) mass is 350 g/mol. The summed E-state index contributed by atoms with van der Waals surface area (Å²) < 4.78 is 0.802. The van der Waals surface area contributed by atoms with Crippen LogP contribution in [0.2, 0.25) is 10.0 Å². The first-order valence-corrected chi connectivity index (χ1v) is 7.22. The fourth-order valence-corrected chi connectivity index (χ4v) is 3.57. The normalized spacial score (nSPS) is 20.3. The molecule has 0 radical (unpaired) electrons. The van der Waals surface area contributed by atoms with Crippen LogP contribution in [0.3, 0.4) is 0 Å². The van der Waals surface area contributed by atoms with Gasteiger partial charge in [-0.05, 0) is 32.0 Å². The molecule has 2 rings (SSSR count). The van der Waals surface area contributed by atoms with Crippen LogP contribution in [-0.4, -0.2) is 25.5 Å². The van der Waals surface area contributed by atoms with E-state index in [0.717, 1.165) is 17.3 Å². The van der Waals surface area contributed by atoms with Crippen molar-refractivity contribution in [1.82, 2.24) is 5.32 Å². The molecule has 1 saturated heterocycles. The summed E-state index contributed by atoms with van der Waals surface area (Å²) in [7, 11) is 1.79. The zero-order valence-corrected chi connectivity index (χ0v) is 12.9. The van der Waals surface area contributed by atoms with Gasteiger partial charge in [0.15, 0.2) is 0 Å². The minimum absolute atomic E-state index is 0.0230. The Morgan fingerprint density at radius 1 is 1.39 bits per heavy atom. The highest BCUT2D eigenvalue weighted by Crippen LogP contribution is 2.38. The number of nitrogens with one attached hydrogen (secondary N) is 1. The standard InChI is InChI=1S/C12H13BrCl2N2O/c1-16-10-3-2-4-17(12(10)18)11-8(14)5-7(13)6-9(11)15/h5-6,10,16H,2-4H2,1H3. The molecule has 1 aromatic rings. The van der Waals surface area contributed by atoms with Crippen molar-refractivity contribution in [2.24, 2.45) is 0 Å². The highest BCUT2D eigenvalue weighted by Gasteiger charge is 2.30. The van der Waals surface area contributed by atoms with Gasteiger partial charge in [-0.25, -0.2) is 0 Å². The average molecular weight is 352 g/mol. The summed E-state index contributed by atoms with van der Waals surface area (Å²) in [5, 5.41) is 3.99. The van der Waals surface area contributed by atoms with Crippen molar-refractivity contribution in [3.05, 3.63) is 26.7 Å². The predicted molar refractivity (Wildman–Crippen MR) is 78.6 cm³/mol. The summed E-state index contributed by atoms with van der Waals surface area (Å²) in [5.41, 5.74) is 0.603. The molecule has 1 fully saturated rings. The Morgan fingerprint density at radius 3 is 2.56 bits per heavy atom. The maximum Gasteiger partial charge on any atom is 0.244 e. The highest BCUT2D eigenvalue weighted by atomic mass is 79.9. The van der Waals surface area contributed by atoms with Gasteiger partial charge in [0.05, 0.1) is 21.8 Å². The summed E-state index contributed by atoms with van der Waals surface area (Å²) in [6.07, 6.45) is 1.78. The number of anilines is 1. The fraction of sp³-hybridized carbons (Fsp3) is 0.417. The summed E-state index contributed by atoms with van der Waals surface area (Å²) in [4.78, 5) is 13.9. The molecule has 1 aliphatic heterocycles. The predicted octanol–water partition coefficient (Wildman–Crippen LogP) is 3.47. The van der Waals surface area contributed by atoms with Gasteiger partial charge in [-0.1, -0.05) is 39.1 Å². The van der Waals surface area contributed by atoms with E-state index in [0.29, 0.717) is 22.3 Å². The second kappa shape index (κ2) is 5.78. The zero-order chi connectivity index (χ0) is 13.3. The lowest BCUT2D eigenvalue weighted by atomic mass is 10.0. The van der Waals surface area contributed by atoms with E-state index in [1.54, 1.807) is 24.1 Å². The smallest absolute Gasteiger partial charge is 0.244 e. The molecule has 1 atom stereocenters. The van der Waals surface area contributed by atoms with Crippen LogP contribution in [0.1, 0.15) is 12.8 Å². The van der Waals surface area contributed by atoms with Crippen LogP contribution in [0.15, 0.2) is 16.6 Å². The number of halogens is 3. The van der Waals surface area contributed by atoms with Crippen LogP contribution in [0.5, 0.6) is 0 Å². The first-order valence-electron chi connectivity index (χ1n) is 5.67. The van der Waals surface area contributed by atoms with Crippen LogP contribution < -0.4 is 10.2 Å². The molecule has 18 heavy (non-hydrogen) atoms. The second-order valence-corrected chi connectivity index (χ2v) is 5.92. The Morgan fingerprint density at radius 2 is 2.00 bits per heavy atom. The summed E-state index contributed by atoms with van der Waals surface area (Å²) in [5.74, 6) is 0.0230. The average Bonchev–Trinajstić information content (AvgIpc) is 2.30. The number of rotatable bonds is 2. The minimum Gasteiger partial charge on any atom is -0.309 e. The fourth-order valence-electron chi connectivity index (χ4n) is 2.16. The molecule has 0 saturated carbocycles. The first-order chi connectivity index (χ1) is 8.54. The van der Waals surface area contributed by atoms with Gasteiger partial charge in [0.1, 0.15) is 0 Å². The molecular formula is C12H13BrCl2N2O. The number of hydrogen-bond donors (Lipinski definition) is 1. The quantitative estimate of drug-likeness (QED) is 0.884. The van der Waals surface area contributed by atoms with Crippen molar-refractivity contribution in [2.45, 2.75) is 18.9 Å². The van der Waals surface area contributed by atoms with Crippen molar-refractivity contribution >= 4 is 50.7 Å². The molecule has 3 nitrogen and oxygen atoms in total. The number of piperidine rings is 1. The third-order valence-corrected chi connectivity index (χ3v) is 4.07. The number of likely N-dealkylation sites (N-methyl/N-ethyl adjacent to an activating group) is 1. The van der Waals surface area contributed by atoms with Crippen molar-refractivity contribution in [3.8, 4) is 0 Å². The number of carbonyl (C=O) groups excluding carboxylic acids is 1. The van der Waals surface area contributed by atoms with Crippen LogP contribution >= 0.6 is 39.1 Å². The Labute approximate surface area is 125 Å². The molecule has 1 aliphatic rings. The topological polar surface area (TPSA) is 32.3 Å². The van der Waals surface area contributed by atoms with Gasteiger partial charge in [0, 0.05) is 11.0 Å². The Kier molecular flexibility index (Phi) is 4.54. The molecule has 98 valence electrons. The minimum atomic E-state index is -0.158. The molecule has 0 aliphatic carbocycles. The summed E-state index contributed by atoms with van der Waals surface area (Å²) >= 11 is 15.7. The molecule has 0 spiro atoms. The number of carbonyl (C=O) groups is 1. The van der Waals surface area contributed by atoms with Gasteiger partial charge < -0.3 is 10.2 Å². The molecular weight excluding hydrogens is 339 g/mol. The Hall–Kier alpha value is -0.290. The lowest BCUT2D eigenvalue weighted by molar-refractivity contribution is -0.121. The first kappa shape index (κ1) is 14.1. The number of nitrogens with zero attached hydrogens (tertiary/aromatic N) is 1. The number of benzene rings is 1. The SMILES string of the molecule is CNC1CCCN(c2c(Cl)cc(Br)cc2Cl)C1=O. The number of amides is 1. The summed E-state index contributed by atoms with van der Waals surface area (Å²) in [6.45, 7) is 0.651. The van der Waals surface area contributed by atoms with E-state index in [9.17, 15) is 4.79 Å². The largest absolute Gasteiger partial charge is 0.309 e. The van der Waals surface area contributed by atoms with Gasteiger partial charge in [0.25, 0.3) is 0 Å². The van der Waals surface area contributed by atoms with E-state index >= 15 is 0 Å². The van der Waals surface area contributed by atoms with Crippen molar-refractivity contribution < 1.29 is 4.79 Å². The maximum atomic E-state index is 12.3. The van der Waals surface area contributed by atoms with E-state index in [1.165, 1.54) is 0 Å². The Bertz CT molecular complexity index is 458. The molecule has 1 unspecified atom stereocenters. The van der Waals surface area contributed by atoms with Gasteiger partial charge in [-0.15, -0.1) is 0 Å². The van der Waals surface area contributed by atoms with Crippen molar-refractivity contribution in [1.29, 1.82) is 0 Å². The van der Waals surface area contributed by atoms with Crippen molar-refractivity contribution in [2.75, 3.05) is 18.5 Å². The van der Waals surface area contributed by atoms with Gasteiger partial charge in [0.2, 0.25) is 5.91 Å². The van der Waals surface area contributed by atoms with Gasteiger partial charge in [-0.3, -0.25) is 4.79 Å². The summed E-state index contributed by atoms with van der Waals surface area (Å²) in [6, 6.07) is 3.34.